The highest BCUT2D eigenvalue weighted by molar-refractivity contribution is 7.99. The van der Waals surface area contributed by atoms with E-state index in [1.807, 2.05) is 24.0 Å². The molecule has 0 radical (unpaired) electrons. The highest BCUT2D eigenvalue weighted by atomic mass is 32.2. The molecule has 1 aliphatic carbocycles. The van der Waals surface area contributed by atoms with Gasteiger partial charge in [-0.25, -0.2) is 4.98 Å². The van der Waals surface area contributed by atoms with E-state index in [-0.39, 0.29) is 0 Å². The third-order valence-corrected chi connectivity index (χ3v) is 4.48. The maximum absolute atomic E-state index is 4.35. The van der Waals surface area contributed by atoms with E-state index in [0.29, 0.717) is 0 Å². The van der Waals surface area contributed by atoms with E-state index in [0.717, 1.165) is 23.5 Å². The van der Waals surface area contributed by atoms with Gasteiger partial charge in [-0.15, -0.1) is 11.8 Å². The number of rotatable bonds is 6. The minimum absolute atomic E-state index is 0.768. The second-order valence-corrected chi connectivity index (χ2v) is 5.78. The van der Waals surface area contributed by atoms with Gasteiger partial charge in [0.25, 0.3) is 0 Å². The molecule has 17 heavy (non-hydrogen) atoms. The van der Waals surface area contributed by atoms with Crippen molar-refractivity contribution >= 4 is 11.8 Å². The van der Waals surface area contributed by atoms with E-state index >= 15 is 0 Å². The average molecular weight is 250 g/mol. The van der Waals surface area contributed by atoms with E-state index in [9.17, 15) is 0 Å². The Morgan fingerprint density at radius 1 is 1.41 bits per heavy atom. The van der Waals surface area contributed by atoms with Gasteiger partial charge in [0.2, 0.25) is 0 Å². The van der Waals surface area contributed by atoms with Crippen LogP contribution in [-0.4, -0.2) is 23.3 Å². The molecule has 0 amide bonds. The predicted molar refractivity (Wildman–Crippen MR) is 74.4 cm³/mol. The van der Waals surface area contributed by atoms with Crippen LogP contribution in [0.5, 0.6) is 0 Å². The lowest BCUT2D eigenvalue weighted by molar-refractivity contribution is 0.400. The monoisotopic (exact) mass is 250 g/mol. The molecular weight excluding hydrogens is 228 g/mol. The molecule has 0 bridgehead atoms. The molecule has 1 fully saturated rings. The number of nitrogens with one attached hydrogen (secondary N) is 1. The number of pyridine rings is 1. The third kappa shape index (κ3) is 4.00. The van der Waals surface area contributed by atoms with Crippen LogP contribution < -0.4 is 5.32 Å². The zero-order valence-electron chi connectivity index (χ0n) is 10.6. The number of aromatic nitrogens is 1. The molecular formula is C14H22N2S. The van der Waals surface area contributed by atoms with Crippen LogP contribution >= 0.6 is 11.8 Å². The molecule has 2 nitrogen and oxygen atoms in total. The molecule has 1 aromatic rings. The minimum atomic E-state index is 0.768. The fraction of sp³-hybridized carbons (Fsp3) is 0.643. The first-order valence-corrected chi connectivity index (χ1v) is 7.66. The van der Waals surface area contributed by atoms with Gasteiger partial charge in [0.1, 0.15) is 0 Å². The molecule has 1 aliphatic rings. The van der Waals surface area contributed by atoms with E-state index in [1.165, 1.54) is 31.4 Å². The molecule has 94 valence electrons. The van der Waals surface area contributed by atoms with Crippen molar-refractivity contribution in [3.05, 3.63) is 24.4 Å². The minimum Gasteiger partial charge on any atom is -0.314 e. The summed E-state index contributed by atoms with van der Waals surface area (Å²) in [6, 6.07) is 6.90. The van der Waals surface area contributed by atoms with Crippen molar-refractivity contribution in [2.75, 3.05) is 12.3 Å². The highest BCUT2D eigenvalue weighted by Crippen LogP contribution is 2.30. The van der Waals surface area contributed by atoms with Gasteiger partial charge in [0, 0.05) is 12.2 Å². The van der Waals surface area contributed by atoms with Crippen LogP contribution in [0.1, 0.15) is 32.6 Å². The number of hydrogen-bond acceptors (Lipinski definition) is 3. The Morgan fingerprint density at radius 2 is 2.35 bits per heavy atom. The first kappa shape index (κ1) is 12.9. The maximum Gasteiger partial charge on any atom is 0.0959 e. The van der Waals surface area contributed by atoms with Gasteiger partial charge in [-0.05, 0) is 49.6 Å². The summed E-state index contributed by atoms with van der Waals surface area (Å²) in [5.41, 5.74) is 0. The molecule has 1 saturated carbocycles. The Kier molecular flexibility index (Phi) is 5.33. The average Bonchev–Trinajstić information content (AvgIpc) is 2.79. The van der Waals surface area contributed by atoms with Gasteiger partial charge in [0.05, 0.1) is 5.03 Å². The fourth-order valence-electron chi connectivity index (χ4n) is 2.66. The van der Waals surface area contributed by atoms with E-state index < -0.39 is 0 Å². The van der Waals surface area contributed by atoms with Crippen LogP contribution in [0.25, 0.3) is 0 Å². The van der Waals surface area contributed by atoms with Gasteiger partial charge in [-0.3, -0.25) is 0 Å². The molecule has 1 heterocycles. The van der Waals surface area contributed by atoms with Gasteiger partial charge in [-0.2, -0.15) is 0 Å². The fourth-order valence-corrected chi connectivity index (χ4v) is 3.60. The zero-order chi connectivity index (χ0) is 11.9. The Hall–Kier alpha value is -0.540. The van der Waals surface area contributed by atoms with Crippen LogP contribution in [0.15, 0.2) is 29.4 Å². The standard InChI is InChI=1S/C14H22N2S/c1-2-15-13-7-5-6-12(13)9-11-17-14-8-3-4-10-16-14/h3-4,8,10,12-13,15H,2,5-7,9,11H2,1H3. The maximum atomic E-state index is 4.35. The van der Waals surface area contributed by atoms with E-state index in [2.05, 4.69) is 29.4 Å². The molecule has 0 spiro atoms. The van der Waals surface area contributed by atoms with Crippen LogP contribution in [-0.2, 0) is 0 Å². The molecule has 3 heteroatoms. The summed E-state index contributed by atoms with van der Waals surface area (Å²) in [6.07, 6.45) is 7.36. The summed E-state index contributed by atoms with van der Waals surface area (Å²) in [5.74, 6) is 2.08. The molecule has 2 rings (SSSR count). The Labute approximate surface area is 109 Å². The van der Waals surface area contributed by atoms with E-state index in [1.54, 1.807) is 0 Å². The number of hydrogen-bond donors (Lipinski definition) is 1. The van der Waals surface area contributed by atoms with E-state index in [4.69, 9.17) is 0 Å². The largest absolute Gasteiger partial charge is 0.314 e. The summed E-state index contributed by atoms with van der Waals surface area (Å²) in [4.78, 5) is 4.35. The summed E-state index contributed by atoms with van der Waals surface area (Å²) < 4.78 is 0. The summed E-state index contributed by atoms with van der Waals surface area (Å²) in [5, 5.41) is 4.78. The quantitative estimate of drug-likeness (QED) is 0.784. The first-order chi connectivity index (χ1) is 8.40. The van der Waals surface area contributed by atoms with Gasteiger partial charge in [0.15, 0.2) is 0 Å². The molecule has 2 atom stereocenters. The van der Waals surface area contributed by atoms with Crippen LogP contribution in [0, 0.1) is 5.92 Å². The summed E-state index contributed by atoms with van der Waals surface area (Å²) in [6.45, 7) is 3.31. The van der Waals surface area contributed by atoms with Crippen molar-refractivity contribution in [1.82, 2.24) is 10.3 Å². The zero-order valence-corrected chi connectivity index (χ0v) is 11.4. The molecule has 2 unspecified atom stereocenters. The van der Waals surface area contributed by atoms with Crippen molar-refractivity contribution in [3.8, 4) is 0 Å². The first-order valence-electron chi connectivity index (χ1n) is 6.67. The Morgan fingerprint density at radius 3 is 3.12 bits per heavy atom. The van der Waals surface area contributed by atoms with Crippen LogP contribution in [0.3, 0.4) is 0 Å². The lowest BCUT2D eigenvalue weighted by Crippen LogP contribution is -2.32. The van der Waals surface area contributed by atoms with Crippen molar-refractivity contribution in [3.63, 3.8) is 0 Å². The van der Waals surface area contributed by atoms with Crippen molar-refractivity contribution in [1.29, 1.82) is 0 Å². The van der Waals surface area contributed by atoms with Gasteiger partial charge < -0.3 is 5.32 Å². The molecule has 0 saturated heterocycles. The second-order valence-electron chi connectivity index (χ2n) is 4.66. The van der Waals surface area contributed by atoms with Gasteiger partial charge in [-0.1, -0.05) is 19.4 Å². The molecule has 0 aliphatic heterocycles. The predicted octanol–water partition coefficient (Wildman–Crippen LogP) is 3.34. The Bertz CT molecular complexity index is 315. The highest BCUT2D eigenvalue weighted by Gasteiger charge is 2.25. The third-order valence-electron chi connectivity index (χ3n) is 3.50. The number of thioether (sulfide) groups is 1. The SMILES string of the molecule is CCNC1CCCC1CCSc1ccccn1. The lowest BCUT2D eigenvalue weighted by atomic mass is 10.0. The van der Waals surface area contributed by atoms with Crippen molar-refractivity contribution in [2.45, 2.75) is 43.7 Å². The number of nitrogens with zero attached hydrogens (tertiary/aromatic N) is 1. The topological polar surface area (TPSA) is 24.9 Å². The molecule has 0 aromatic carbocycles. The van der Waals surface area contributed by atoms with Gasteiger partial charge >= 0.3 is 0 Å². The second kappa shape index (κ2) is 7.02. The van der Waals surface area contributed by atoms with Crippen LogP contribution in [0.4, 0.5) is 0 Å². The van der Waals surface area contributed by atoms with Crippen molar-refractivity contribution < 1.29 is 0 Å². The normalized spacial score (nSPS) is 24.1. The smallest absolute Gasteiger partial charge is 0.0959 e. The van der Waals surface area contributed by atoms with Crippen molar-refractivity contribution in [2.24, 2.45) is 5.92 Å². The summed E-state index contributed by atoms with van der Waals surface area (Å²) in [7, 11) is 0. The summed E-state index contributed by atoms with van der Waals surface area (Å²) >= 11 is 1.89. The molecule has 1 N–H and O–H groups in total. The van der Waals surface area contributed by atoms with Crippen LogP contribution in [0.2, 0.25) is 0 Å². The molecule has 1 aromatic heterocycles. The lowest BCUT2D eigenvalue weighted by Gasteiger charge is -2.19. The Balaban J connectivity index is 1.71.